The number of hydrogen-bond acceptors (Lipinski definition) is 6. The molecular weight excluding hydrogens is 424 g/mol. The van der Waals surface area contributed by atoms with Crippen molar-refractivity contribution in [3.8, 4) is 5.75 Å². The normalized spacial score (nSPS) is 17.5. The molecule has 4 rings (SSSR count). The van der Waals surface area contributed by atoms with Gasteiger partial charge in [-0.15, -0.1) is 0 Å². The number of nitrogens with one attached hydrogen (secondary N) is 1. The van der Waals surface area contributed by atoms with Gasteiger partial charge in [-0.1, -0.05) is 11.6 Å². The zero-order valence-electron chi connectivity index (χ0n) is 18.6. The van der Waals surface area contributed by atoms with E-state index in [1.54, 1.807) is 13.4 Å². The second-order valence-electron chi connectivity index (χ2n) is 8.05. The predicted octanol–water partition coefficient (Wildman–Crippen LogP) is 5.84. The monoisotopic (exact) mass is 452 g/mol. The smallest absolute Gasteiger partial charge is 0.197 e. The zero-order valence-corrected chi connectivity index (χ0v) is 19.4. The molecule has 1 fully saturated rings. The second kappa shape index (κ2) is 10.1. The molecule has 6 nitrogen and oxygen atoms in total. The average Bonchev–Trinajstić information content (AvgIpc) is 3.46. The molecule has 2 aliphatic heterocycles. The molecule has 1 N–H and O–H groups in total. The highest BCUT2D eigenvalue weighted by molar-refractivity contribution is 6.30. The summed E-state index contributed by atoms with van der Waals surface area (Å²) in [6, 6.07) is 9.65. The molecule has 7 heteroatoms. The Morgan fingerprint density at radius 3 is 2.69 bits per heavy atom. The summed E-state index contributed by atoms with van der Waals surface area (Å²) in [5.74, 6) is 1.44. The molecule has 0 atom stereocenters. The number of aliphatic imine (C=N–C) groups is 1. The van der Waals surface area contributed by atoms with Crippen molar-refractivity contribution < 1.29 is 9.15 Å². The van der Waals surface area contributed by atoms with Crippen LogP contribution in [0.15, 0.2) is 74.6 Å². The molecule has 168 valence electrons. The lowest BCUT2D eigenvalue weighted by molar-refractivity contribution is 0.367. The lowest BCUT2D eigenvalue weighted by Gasteiger charge is -2.29. The molecule has 2 aromatic rings. The summed E-state index contributed by atoms with van der Waals surface area (Å²) in [7, 11) is 1.65. The van der Waals surface area contributed by atoms with Gasteiger partial charge in [0, 0.05) is 35.1 Å². The zero-order chi connectivity index (χ0) is 22.5. The summed E-state index contributed by atoms with van der Waals surface area (Å²) < 4.78 is 11.0. The highest BCUT2D eigenvalue weighted by Gasteiger charge is 2.22. The molecule has 1 aromatic heterocycles. The molecule has 0 radical (unpaired) electrons. The maximum absolute atomic E-state index is 6.55. The van der Waals surface area contributed by atoms with E-state index in [1.807, 2.05) is 37.3 Å². The van der Waals surface area contributed by atoms with Crippen LogP contribution in [-0.2, 0) is 0 Å². The van der Waals surface area contributed by atoms with Crippen molar-refractivity contribution >= 4 is 35.6 Å². The summed E-state index contributed by atoms with van der Waals surface area (Å²) in [5.41, 5.74) is 4.75. The van der Waals surface area contributed by atoms with Gasteiger partial charge in [0.25, 0.3) is 0 Å². The average molecular weight is 453 g/mol. The van der Waals surface area contributed by atoms with Crippen LogP contribution < -0.4 is 10.1 Å². The van der Waals surface area contributed by atoms with Crippen LogP contribution >= 0.6 is 11.6 Å². The van der Waals surface area contributed by atoms with E-state index in [2.05, 4.69) is 39.1 Å². The summed E-state index contributed by atoms with van der Waals surface area (Å²) >= 11 is 6.55. The number of nitrogens with zero attached hydrogens (tertiary/aromatic N) is 3. The van der Waals surface area contributed by atoms with E-state index in [0.29, 0.717) is 12.4 Å². The number of hydrogen-bond donors (Lipinski definition) is 1. The number of likely N-dealkylation sites (tertiary alicyclic amines) is 1. The van der Waals surface area contributed by atoms with E-state index < -0.39 is 0 Å². The van der Waals surface area contributed by atoms with Crippen LogP contribution in [0.2, 0.25) is 0 Å². The van der Waals surface area contributed by atoms with Crippen molar-refractivity contribution in [3.63, 3.8) is 0 Å². The van der Waals surface area contributed by atoms with E-state index in [1.165, 1.54) is 18.4 Å². The van der Waals surface area contributed by atoms with Gasteiger partial charge < -0.3 is 19.4 Å². The van der Waals surface area contributed by atoms with Gasteiger partial charge in [-0.3, -0.25) is 9.89 Å². The summed E-state index contributed by atoms with van der Waals surface area (Å²) in [6.07, 6.45) is 8.50. The topological polar surface area (TPSA) is 53.2 Å². The number of furan rings is 1. The van der Waals surface area contributed by atoms with Gasteiger partial charge in [0.15, 0.2) is 5.88 Å². The van der Waals surface area contributed by atoms with Crippen molar-refractivity contribution in [2.24, 2.45) is 4.99 Å². The molecule has 1 aromatic carbocycles. The first-order valence-electron chi connectivity index (χ1n) is 10.8. The van der Waals surface area contributed by atoms with Crippen LogP contribution in [0.25, 0.3) is 5.70 Å². The van der Waals surface area contributed by atoms with Crippen molar-refractivity contribution in [1.29, 1.82) is 0 Å². The van der Waals surface area contributed by atoms with Gasteiger partial charge in [0.05, 0.1) is 25.0 Å². The van der Waals surface area contributed by atoms with Gasteiger partial charge in [0.1, 0.15) is 12.0 Å². The second-order valence-corrected chi connectivity index (χ2v) is 8.54. The van der Waals surface area contributed by atoms with Gasteiger partial charge in [0.2, 0.25) is 0 Å². The van der Waals surface area contributed by atoms with Crippen LogP contribution in [-0.4, -0.2) is 49.8 Å². The molecule has 1 saturated heterocycles. The molecular formula is C25H29ClN4O2. The fraction of sp³-hybridized carbons (Fsp3) is 0.320. The van der Waals surface area contributed by atoms with Crippen LogP contribution in [0.4, 0.5) is 11.6 Å². The van der Waals surface area contributed by atoms with E-state index in [4.69, 9.17) is 20.8 Å². The Morgan fingerprint density at radius 2 is 2.00 bits per heavy atom. The molecule has 0 unspecified atom stereocenters. The number of methoxy groups -OCH3 is 1. The number of benzene rings is 1. The van der Waals surface area contributed by atoms with Crippen LogP contribution in [0.1, 0.15) is 25.3 Å². The molecule has 2 aliphatic rings. The Balaban J connectivity index is 1.57. The minimum atomic E-state index is 0.583. The lowest BCUT2D eigenvalue weighted by Crippen LogP contribution is -2.27. The molecule has 0 spiro atoms. The van der Waals surface area contributed by atoms with Crippen molar-refractivity contribution in [2.45, 2.75) is 19.8 Å². The van der Waals surface area contributed by atoms with E-state index >= 15 is 0 Å². The van der Waals surface area contributed by atoms with Crippen molar-refractivity contribution in [3.05, 3.63) is 70.7 Å². The quantitative estimate of drug-likeness (QED) is 0.510. The minimum Gasteiger partial charge on any atom is -0.497 e. The number of ether oxygens (including phenoxy) is 1. The van der Waals surface area contributed by atoms with Crippen LogP contribution in [0, 0.1) is 0 Å². The first-order valence-corrected chi connectivity index (χ1v) is 11.2. The van der Waals surface area contributed by atoms with Gasteiger partial charge in [-0.25, -0.2) is 0 Å². The Bertz CT molecular complexity index is 1050. The Hall–Kier alpha value is -2.96. The number of halogens is 1. The maximum Gasteiger partial charge on any atom is 0.197 e. The van der Waals surface area contributed by atoms with Gasteiger partial charge in [-0.05, 0) is 75.5 Å². The van der Waals surface area contributed by atoms with E-state index in [9.17, 15) is 0 Å². The van der Waals surface area contributed by atoms with Crippen molar-refractivity contribution in [2.75, 3.05) is 38.6 Å². The van der Waals surface area contributed by atoms with Crippen LogP contribution in [0.3, 0.4) is 0 Å². The molecule has 0 aliphatic carbocycles. The fourth-order valence-electron chi connectivity index (χ4n) is 4.12. The first-order chi connectivity index (χ1) is 15.6. The molecule has 0 amide bonds. The number of rotatable bonds is 8. The summed E-state index contributed by atoms with van der Waals surface area (Å²) in [6.45, 7) is 9.46. The highest BCUT2D eigenvalue weighted by atomic mass is 35.5. The number of allylic oxidation sites excluding steroid dienone is 1. The fourth-order valence-corrected chi connectivity index (χ4v) is 4.39. The maximum atomic E-state index is 6.55. The third kappa shape index (κ3) is 5.26. The van der Waals surface area contributed by atoms with E-state index in [-0.39, 0.29) is 0 Å². The van der Waals surface area contributed by atoms with Gasteiger partial charge >= 0.3 is 0 Å². The lowest BCUT2D eigenvalue weighted by atomic mass is 10.1. The standard InChI is InChI=1S/C25H29ClN4O2/c1-18(27-2)25(30-15-19(12-21(26)16-30)14-29-10-4-5-11-29)20-13-24(32-17-20)28-22-6-8-23(31-3)9-7-22/h6-9,12-13,15,17,28H,2,4-5,10-11,14,16H2,1,3H3/b25-18-. The Morgan fingerprint density at radius 1 is 1.25 bits per heavy atom. The van der Waals surface area contributed by atoms with Gasteiger partial charge in [-0.2, -0.15) is 0 Å². The molecule has 32 heavy (non-hydrogen) atoms. The predicted molar refractivity (Wildman–Crippen MR) is 132 cm³/mol. The SMILES string of the molecule is C=N/C(C)=C(/c1coc(Nc2ccc(OC)cc2)c1)N1C=C(CN2CCCC2)C=C(Cl)C1. The summed E-state index contributed by atoms with van der Waals surface area (Å²) in [4.78, 5) is 8.82. The van der Waals surface area contributed by atoms with Crippen molar-refractivity contribution in [1.82, 2.24) is 9.80 Å². The Labute approximate surface area is 194 Å². The number of anilines is 2. The third-order valence-electron chi connectivity index (χ3n) is 5.69. The van der Waals surface area contributed by atoms with E-state index in [0.717, 1.165) is 53.1 Å². The molecule has 0 bridgehead atoms. The first kappa shape index (κ1) is 22.2. The highest BCUT2D eigenvalue weighted by Crippen LogP contribution is 2.33. The third-order valence-corrected chi connectivity index (χ3v) is 5.92. The minimum absolute atomic E-state index is 0.583. The molecule has 3 heterocycles. The Kier molecular flexibility index (Phi) is 7.02. The summed E-state index contributed by atoms with van der Waals surface area (Å²) in [5, 5.41) is 4.09. The van der Waals surface area contributed by atoms with Crippen LogP contribution in [0.5, 0.6) is 5.75 Å². The largest absolute Gasteiger partial charge is 0.497 e. The molecule has 0 saturated carbocycles.